The molecule has 0 saturated heterocycles. The quantitative estimate of drug-likeness (QED) is 0.356. The SMILES string of the molecule is CCC[CH2][Sn]([CH2]CCC)([CH2]CCC)[CH2]OC(CCN)C(F)F. The Labute approximate surface area is 140 Å². The number of rotatable bonds is 15. The van der Waals surface area contributed by atoms with E-state index in [1.165, 1.54) is 51.8 Å². The summed E-state index contributed by atoms with van der Waals surface area (Å²) < 4.78 is 36.4. The van der Waals surface area contributed by atoms with Gasteiger partial charge in [-0.25, -0.2) is 0 Å². The van der Waals surface area contributed by atoms with Crippen LogP contribution in [0.25, 0.3) is 0 Å². The zero-order valence-electron chi connectivity index (χ0n) is 14.9. The average molecular weight is 428 g/mol. The molecule has 0 heterocycles. The van der Waals surface area contributed by atoms with Crippen LogP contribution in [0.15, 0.2) is 0 Å². The Morgan fingerprint density at radius 1 is 0.909 bits per heavy atom. The van der Waals surface area contributed by atoms with E-state index in [0.29, 0.717) is 4.62 Å². The molecule has 0 spiro atoms. The molecule has 0 aliphatic heterocycles. The van der Waals surface area contributed by atoms with Crippen molar-refractivity contribution in [3.05, 3.63) is 0 Å². The molecule has 0 aromatic heterocycles. The number of hydrogen-bond acceptors (Lipinski definition) is 2. The summed E-state index contributed by atoms with van der Waals surface area (Å²) in [5.41, 5.74) is 5.45. The fourth-order valence-corrected chi connectivity index (χ4v) is 17.4. The molecule has 0 fully saturated rings. The molecule has 0 aliphatic rings. The normalized spacial score (nSPS) is 13.8. The van der Waals surface area contributed by atoms with Crippen molar-refractivity contribution in [3.63, 3.8) is 0 Å². The summed E-state index contributed by atoms with van der Waals surface area (Å²) in [4.78, 5) is 0. The van der Waals surface area contributed by atoms with Crippen molar-refractivity contribution in [3.8, 4) is 0 Å². The maximum absolute atomic E-state index is 13.1. The van der Waals surface area contributed by atoms with Gasteiger partial charge in [0.25, 0.3) is 0 Å². The van der Waals surface area contributed by atoms with Crippen LogP contribution in [0.5, 0.6) is 0 Å². The van der Waals surface area contributed by atoms with E-state index >= 15 is 0 Å². The third-order valence-corrected chi connectivity index (χ3v) is 18.9. The van der Waals surface area contributed by atoms with E-state index in [1.807, 2.05) is 0 Å². The topological polar surface area (TPSA) is 35.2 Å². The van der Waals surface area contributed by atoms with Crippen LogP contribution in [-0.4, -0.2) is 42.1 Å². The van der Waals surface area contributed by atoms with Crippen LogP contribution < -0.4 is 5.73 Å². The van der Waals surface area contributed by atoms with Crippen molar-refractivity contribution in [1.82, 2.24) is 0 Å². The molecule has 0 rings (SSSR count). The molecule has 1 unspecified atom stereocenters. The number of hydrogen-bond donors (Lipinski definition) is 1. The number of halogens is 2. The summed E-state index contributed by atoms with van der Waals surface area (Å²) in [6, 6.07) is 0. The molecule has 134 valence electrons. The molecule has 0 amide bonds. The van der Waals surface area contributed by atoms with E-state index in [4.69, 9.17) is 10.5 Å². The molecule has 0 aliphatic carbocycles. The van der Waals surface area contributed by atoms with Crippen LogP contribution in [0.4, 0.5) is 8.78 Å². The number of ether oxygens (including phenoxy) is 1. The maximum atomic E-state index is 13.1. The minimum atomic E-state index is -2.45. The summed E-state index contributed by atoms with van der Waals surface area (Å²) in [6.45, 7) is 6.92. The van der Waals surface area contributed by atoms with Crippen LogP contribution in [-0.2, 0) is 4.74 Å². The van der Waals surface area contributed by atoms with Gasteiger partial charge in [0, 0.05) is 0 Å². The van der Waals surface area contributed by atoms with Crippen molar-refractivity contribution < 1.29 is 13.5 Å². The van der Waals surface area contributed by atoms with Crippen molar-refractivity contribution in [2.75, 3.05) is 11.2 Å². The van der Waals surface area contributed by atoms with E-state index in [2.05, 4.69) is 20.8 Å². The van der Waals surface area contributed by atoms with Gasteiger partial charge in [0.2, 0.25) is 0 Å². The van der Waals surface area contributed by atoms with E-state index in [1.54, 1.807) is 0 Å². The second kappa shape index (κ2) is 14.0. The van der Waals surface area contributed by atoms with Gasteiger partial charge in [0.05, 0.1) is 0 Å². The van der Waals surface area contributed by atoms with Gasteiger partial charge in [-0.3, -0.25) is 0 Å². The van der Waals surface area contributed by atoms with Gasteiger partial charge in [-0.05, 0) is 0 Å². The van der Waals surface area contributed by atoms with Gasteiger partial charge in [-0.15, -0.1) is 0 Å². The molecular weight excluding hydrogens is 391 g/mol. The standard InChI is InChI=1S/C5H10F2NO.3C4H9.Sn/c1-9-4(2-3-8)5(6)7;3*1-3-4-2;/h4-5H,1-3,8H2;3*1,3-4H2,2H3;. The second-order valence-corrected chi connectivity index (χ2v) is 20.2. The van der Waals surface area contributed by atoms with Gasteiger partial charge in [0.1, 0.15) is 0 Å². The molecule has 2 nitrogen and oxygen atoms in total. The predicted molar refractivity (Wildman–Crippen MR) is 94.3 cm³/mol. The number of alkyl halides is 2. The van der Waals surface area contributed by atoms with Crippen LogP contribution in [0.3, 0.4) is 0 Å². The Balaban J connectivity index is 4.81. The summed E-state index contributed by atoms with van der Waals surface area (Å²) in [5.74, 6) is 0. The molecular formula is C17H37F2NOSn. The second-order valence-electron chi connectivity index (χ2n) is 6.57. The number of nitrogens with two attached hydrogens (primary N) is 1. The zero-order valence-corrected chi connectivity index (χ0v) is 17.7. The predicted octanol–water partition coefficient (Wildman–Crippen LogP) is 5.37. The first-order valence-electron chi connectivity index (χ1n) is 9.15. The average Bonchev–Trinajstić information content (AvgIpc) is 2.51. The van der Waals surface area contributed by atoms with Gasteiger partial charge < -0.3 is 0 Å². The third kappa shape index (κ3) is 9.66. The molecule has 0 aromatic rings. The van der Waals surface area contributed by atoms with Crippen LogP contribution in [0.1, 0.15) is 65.7 Å². The Kier molecular flexibility index (Phi) is 14.3. The minimum absolute atomic E-state index is 0.273. The molecule has 5 heteroatoms. The van der Waals surface area contributed by atoms with E-state index in [0.717, 1.165) is 0 Å². The van der Waals surface area contributed by atoms with Gasteiger partial charge >= 0.3 is 140 Å². The van der Waals surface area contributed by atoms with Crippen molar-refractivity contribution in [2.24, 2.45) is 5.73 Å². The Bertz CT molecular complexity index is 233. The first-order valence-corrected chi connectivity index (χ1v) is 17.2. The van der Waals surface area contributed by atoms with Gasteiger partial charge in [-0.1, -0.05) is 0 Å². The third-order valence-electron chi connectivity index (χ3n) is 4.52. The Morgan fingerprint density at radius 3 is 1.68 bits per heavy atom. The fourth-order valence-electron chi connectivity index (χ4n) is 2.98. The van der Waals surface area contributed by atoms with E-state index in [9.17, 15) is 8.78 Å². The zero-order chi connectivity index (χ0) is 16.8. The summed E-state index contributed by atoms with van der Waals surface area (Å²) in [7, 11) is 0. The van der Waals surface area contributed by atoms with E-state index < -0.39 is 30.9 Å². The molecule has 0 radical (unpaired) electrons. The molecule has 0 aromatic carbocycles. The van der Waals surface area contributed by atoms with Crippen molar-refractivity contribution in [1.29, 1.82) is 0 Å². The first-order chi connectivity index (χ1) is 10.5. The van der Waals surface area contributed by atoms with Gasteiger partial charge in [0.15, 0.2) is 0 Å². The Morgan fingerprint density at radius 2 is 1.36 bits per heavy atom. The summed E-state index contributed by atoms with van der Waals surface area (Å²) in [6.07, 6.45) is 4.21. The first kappa shape index (κ1) is 22.6. The van der Waals surface area contributed by atoms with Gasteiger partial charge in [-0.2, -0.15) is 0 Å². The summed E-state index contributed by atoms with van der Waals surface area (Å²) in [5, 5.41) is 0. The number of unbranched alkanes of at least 4 members (excludes halogenated alkanes) is 3. The van der Waals surface area contributed by atoms with Crippen LogP contribution >= 0.6 is 0 Å². The molecule has 22 heavy (non-hydrogen) atoms. The monoisotopic (exact) mass is 429 g/mol. The molecule has 0 bridgehead atoms. The molecule has 0 saturated carbocycles. The van der Waals surface area contributed by atoms with Crippen molar-refractivity contribution in [2.45, 2.75) is 91.6 Å². The van der Waals surface area contributed by atoms with Crippen LogP contribution in [0.2, 0.25) is 13.3 Å². The molecule has 2 N–H and O–H groups in total. The van der Waals surface area contributed by atoms with Crippen molar-refractivity contribution >= 4 is 18.4 Å². The fraction of sp³-hybridized carbons (Fsp3) is 1.00. The molecule has 1 atom stereocenters. The Hall–Kier alpha value is 0.579. The van der Waals surface area contributed by atoms with E-state index in [-0.39, 0.29) is 13.0 Å². The van der Waals surface area contributed by atoms with Crippen LogP contribution in [0, 0.1) is 0 Å². The summed E-state index contributed by atoms with van der Waals surface area (Å²) >= 11 is -2.45.